The fourth-order valence-electron chi connectivity index (χ4n) is 1.06. The lowest BCUT2D eigenvalue weighted by Gasteiger charge is -1.97. The number of furan rings is 1. The molecule has 0 fully saturated rings. The van der Waals surface area contributed by atoms with Crippen LogP contribution >= 0.6 is 0 Å². The van der Waals surface area contributed by atoms with E-state index in [0.29, 0.717) is 6.54 Å². The second-order valence-electron chi connectivity index (χ2n) is 2.47. The SMILES string of the molecule is NCCCc1ccoc1CN. The van der Waals surface area contributed by atoms with Crippen molar-refractivity contribution in [1.82, 2.24) is 0 Å². The molecule has 0 aromatic carbocycles. The zero-order valence-corrected chi connectivity index (χ0v) is 6.55. The smallest absolute Gasteiger partial charge is 0.120 e. The van der Waals surface area contributed by atoms with E-state index in [1.165, 1.54) is 5.56 Å². The van der Waals surface area contributed by atoms with Crippen LogP contribution in [0.2, 0.25) is 0 Å². The molecule has 1 aromatic heterocycles. The third-order valence-corrected chi connectivity index (χ3v) is 1.67. The highest BCUT2D eigenvalue weighted by Gasteiger charge is 2.02. The Morgan fingerprint density at radius 3 is 2.82 bits per heavy atom. The van der Waals surface area contributed by atoms with Gasteiger partial charge in [0.25, 0.3) is 0 Å². The van der Waals surface area contributed by atoms with Crippen molar-refractivity contribution in [2.75, 3.05) is 6.54 Å². The standard InChI is InChI=1S/C8H14N2O/c9-4-1-2-7-3-5-11-8(7)6-10/h3,5H,1-2,4,6,9-10H2. The van der Waals surface area contributed by atoms with Crippen LogP contribution in [0, 0.1) is 0 Å². The number of aryl methyl sites for hydroxylation is 1. The minimum Gasteiger partial charge on any atom is -0.468 e. The first-order valence-electron chi connectivity index (χ1n) is 3.84. The van der Waals surface area contributed by atoms with Gasteiger partial charge in [0.05, 0.1) is 12.8 Å². The van der Waals surface area contributed by atoms with Crippen molar-refractivity contribution in [2.45, 2.75) is 19.4 Å². The van der Waals surface area contributed by atoms with E-state index in [9.17, 15) is 0 Å². The second kappa shape index (κ2) is 4.16. The second-order valence-corrected chi connectivity index (χ2v) is 2.47. The van der Waals surface area contributed by atoms with Crippen LogP contribution in [0.3, 0.4) is 0 Å². The van der Waals surface area contributed by atoms with E-state index in [4.69, 9.17) is 15.9 Å². The summed E-state index contributed by atoms with van der Waals surface area (Å²) in [5.41, 5.74) is 12.0. The number of nitrogens with two attached hydrogens (primary N) is 2. The first-order valence-corrected chi connectivity index (χ1v) is 3.84. The Bertz CT molecular complexity index is 208. The lowest BCUT2D eigenvalue weighted by Crippen LogP contribution is -2.03. The molecule has 1 aromatic rings. The van der Waals surface area contributed by atoms with Crippen molar-refractivity contribution < 1.29 is 4.42 Å². The Labute approximate surface area is 66.4 Å². The molecule has 62 valence electrons. The number of hydrogen-bond donors (Lipinski definition) is 2. The first-order chi connectivity index (χ1) is 5.38. The topological polar surface area (TPSA) is 65.2 Å². The monoisotopic (exact) mass is 154 g/mol. The molecule has 0 atom stereocenters. The third kappa shape index (κ3) is 2.06. The summed E-state index contributed by atoms with van der Waals surface area (Å²) >= 11 is 0. The summed E-state index contributed by atoms with van der Waals surface area (Å²) < 4.78 is 5.15. The van der Waals surface area contributed by atoms with Crippen molar-refractivity contribution in [3.63, 3.8) is 0 Å². The van der Waals surface area contributed by atoms with Crippen molar-refractivity contribution in [2.24, 2.45) is 11.5 Å². The van der Waals surface area contributed by atoms with Crippen LogP contribution in [0.25, 0.3) is 0 Å². The summed E-state index contributed by atoms with van der Waals surface area (Å²) in [5, 5.41) is 0. The van der Waals surface area contributed by atoms with Gasteiger partial charge in [0.2, 0.25) is 0 Å². The summed E-state index contributed by atoms with van der Waals surface area (Å²) in [4.78, 5) is 0. The number of rotatable bonds is 4. The third-order valence-electron chi connectivity index (χ3n) is 1.67. The molecule has 0 saturated heterocycles. The summed E-state index contributed by atoms with van der Waals surface area (Å²) in [6.45, 7) is 1.20. The Kier molecular flexibility index (Phi) is 3.14. The summed E-state index contributed by atoms with van der Waals surface area (Å²) in [7, 11) is 0. The summed E-state index contributed by atoms with van der Waals surface area (Å²) in [5.74, 6) is 0.887. The summed E-state index contributed by atoms with van der Waals surface area (Å²) in [6.07, 6.45) is 3.64. The molecule has 0 saturated carbocycles. The average molecular weight is 154 g/mol. The van der Waals surface area contributed by atoms with Gasteiger partial charge >= 0.3 is 0 Å². The molecule has 0 aliphatic rings. The molecule has 4 N–H and O–H groups in total. The highest BCUT2D eigenvalue weighted by atomic mass is 16.3. The molecular formula is C8H14N2O. The van der Waals surface area contributed by atoms with Gasteiger partial charge in [-0.2, -0.15) is 0 Å². The van der Waals surface area contributed by atoms with Gasteiger partial charge in [-0.3, -0.25) is 0 Å². The van der Waals surface area contributed by atoms with E-state index < -0.39 is 0 Å². The van der Waals surface area contributed by atoms with Crippen LogP contribution in [0.4, 0.5) is 0 Å². The predicted molar refractivity (Wildman–Crippen MR) is 44.0 cm³/mol. The van der Waals surface area contributed by atoms with E-state index in [-0.39, 0.29) is 0 Å². The van der Waals surface area contributed by atoms with Crippen LogP contribution in [0.1, 0.15) is 17.7 Å². The molecule has 1 heterocycles. The van der Waals surface area contributed by atoms with Gasteiger partial charge in [-0.25, -0.2) is 0 Å². The van der Waals surface area contributed by atoms with Crippen LogP contribution in [0.15, 0.2) is 16.7 Å². The van der Waals surface area contributed by atoms with Gasteiger partial charge in [-0.1, -0.05) is 0 Å². The normalized spacial score (nSPS) is 10.4. The van der Waals surface area contributed by atoms with Crippen LogP contribution in [0.5, 0.6) is 0 Å². The Hall–Kier alpha value is -0.800. The molecule has 3 heteroatoms. The lowest BCUT2D eigenvalue weighted by molar-refractivity contribution is 0.506. The van der Waals surface area contributed by atoms with Gasteiger partial charge in [0.1, 0.15) is 5.76 Å². The maximum atomic E-state index is 5.44. The van der Waals surface area contributed by atoms with Gasteiger partial charge < -0.3 is 15.9 Å². The lowest BCUT2D eigenvalue weighted by atomic mass is 10.1. The molecule has 0 aliphatic heterocycles. The minimum atomic E-state index is 0.479. The molecular weight excluding hydrogens is 140 g/mol. The van der Waals surface area contributed by atoms with E-state index in [1.54, 1.807) is 6.26 Å². The quantitative estimate of drug-likeness (QED) is 0.668. The Balaban J connectivity index is 2.54. The van der Waals surface area contributed by atoms with E-state index >= 15 is 0 Å². The highest BCUT2D eigenvalue weighted by molar-refractivity contribution is 5.16. The van der Waals surface area contributed by atoms with Gasteiger partial charge in [0, 0.05) is 0 Å². The fraction of sp³-hybridized carbons (Fsp3) is 0.500. The van der Waals surface area contributed by atoms with Crippen molar-refractivity contribution >= 4 is 0 Å². The highest BCUT2D eigenvalue weighted by Crippen LogP contribution is 2.11. The van der Waals surface area contributed by atoms with E-state index in [0.717, 1.165) is 25.1 Å². The van der Waals surface area contributed by atoms with E-state index in [2.05, 4.69) is 0 Å². The largest absolute Gasteiger partial charge is 0.468 e. The Morgan fingerprint density at radius 1 is 1.36 bits per heavy atom. The maximum absolute atomic E-state index is 5.44. The van der Waals surface area contributed by atoms with Crippen molar-refractivity contribution in [1.29, 1.82) is 0 Å². The first kappa shape index (κ1) is 8.30. The van der Waals surface area contributed by atoms with E-state index in [1.807, 2.05) is 6.07 Å². The number of hydrogen-bond acceptors (Lipinski definition) is 3. The zero-order chi connectivity index (χ0) is 8.10. The predicted octanol–water partition coefficient (Wildman–Crippen LogP) is 0.630. The van der Waals surface area contributed by atoms with Crippen LogP contribution < -0.4 is 11.5 Å². The molecule has 11 heavy (non-hydrogen) atoms. The van der Waals surface area contributed by atoms with Gasteiger partial charge in [-0.15, -0.1) is 0 Å². The zero-order valence-electron chi connectivity index (χ0n) is 6.55. The van der Waals surface area contributed by atoms with Crippen LogP contribution in [-0.4, -0.2) is 6.54 Å². The average Bonchev–Trinajstić information content (AvgIpc) is 2.47. The maximum Gasteiger partial charge on any atom is 0.120 e. The minimum absolute atomic E-state index is 0.479. The molecule has 0 aliphatic carbocycles. The Morgan fingerprint density at radius 2 is 2.18 bits per heavy atom. The molecule has 0 unspecified atom stereocenters. The fourth-order valence-corrected chi connectivity index (χ4v) is 1.06. The molecule has 0 amide bonds. The molecule has 0 spiro atoms. The van der Waals surface area contributed by atoms with Crippen LogP contribution in [-0.2, 0) is 13.0 Å². The summed E-state index contributed by atoms with van der Waals surface area (Å²) in [6, 6.07) is 1.96. The molecule has 0 radical (unpaired) electrons. The molecule has 3 nitrogen and oxygen atoms in total. The van der Waals surface area contributed by atoms with Crippen molar-refractivity contribution in [3.8, 4) is 0 Å². The van der Waals surface area contributed by atoms with Crippen molar-refractivity contribution in [3.05, 3.63) is 23.7 Å². The van der Waals surface area contributed by atoms with Gasteiger partial charge in [-0.05, 0) is 31.0 Å². The van der Waals surface area contributed by atoms with Gasteiger partial charge in [0.15, 0.2) is 0 Å². The molecule has 0 bridgehead atoms. The molecule has 1 rings (SSSR count).